The van der Waals surface area contributed by atoms with Gasteiger partial charge in [-0.1, -0.05) is 6.92 Å². The molecule has 0 unspecified atom stereocenters. The van der Waals surface area contributed by atoms with Crippen molar-refractivity contribution < 1.29 is 9.72 Å². The van der Waals surface area contributed by atoms with Gasteiger partial charge in [0, 0.05) is 30.8 Å². The Morgan fingerprint density at radius 3 is 2.67 bits per heavy atom. The molecule has 0 aliphatic heterocycles. The van der Waals surface area contributed by atoms with E-state index in [1.54, 1.807) is 6.92 Å². The molecule has 0 saturated heterocycles. The lowest BCUT2D eigenvalue weighted by Crippen LogP contribution is -2.32. The van der Waals surface area contributed by atoms with Gasteiger partial charge in [-0.2, -0.15) is 0 Å². The van der Waals surface area contributed by atoms with E-state index in [9.17, 15) is 14.9 Å². The number of likely N-dealkylation sites (N-methyl/N-ethyl adjacent to an activating group) is 1. The van der Waals surface area contributed by atoms with Crippen molar-refractivity contribution in [1.82, 2.24) is 10.6 Å². The van der Waals surface area contributed by atoms with E-state index < -0.39 is 4.92 Å². The lowest BCUT2D eigenvalue weighted by atomic mass is 10.1. The van der Waals surface area contributed by atoms with E-state index in [1.807, 2.05) is 6.92 Å². The van der Waals surface area contributed by atoms with E-state index in [2.05, 4.69) is 10.6 Å². The van der Waals surface area contributed by atoms with E-state index in [0.717, 1.165) is 6.54 Å². The molecule has 1 aromatic carbocycles. The summed E-state index contributed by atoms with van der Waals surface area (Å²) in [5, 5.41) is 16.4. The number of nitrogens with one attached hydrogen (secondary N) is 2. The largest absolute Gasteiger partial charge is 0.351 e. The molecule has 1 rings (SSSR count). The minimum Gasteiger partial charge on any atom is -0.351 e. The maximum Gasteiger partial charge on any atom is 0.269 e. The van der Waals surface area contributed by atoms with Gasteiger partial charge in [0.2, 0.25) is 0 Å². The van der Waals surface area contributed by atoms with Crippen molar-refractivity contribution in [2.24, 2.45) is 0 Å². The van der Waals surface area contributed by atoms with Gasteiger partial charge in [-0.15, -0.1) is 0 Å². The van der Waals surface area contributed by atoms with Crippen LogP contribution in [0.1, 0.15) is 22.8 Å². The zero-order chi connectivity index (χ0) is 13.5. The maximum atomic E-state index is 11.8. The third-order valence-electron chi connectivity index (χ3n) is 2.50. The topological polar surface area (TPSA) is 84.3 Å². The Hall–Kier alpha value is -1.95. The maximum absolute atomic E-state index is 11.8. The van der Waals surface area contributed by atoms with Crippen molar-refractivity contribution in [1.29, 1.82) is 0 Å². The average Bonchev–Trinajstić information content (AvgIpc) is 2.34. The van der Waals surface area contributed by atoms with Crippen LogP contribution in [0.2, 0.25) is 0 Å². The van der Waals surface area contributed by atoms with Crippen molar-refractivity contribution >= 4 is 11.6 Å². The van der Waals surface area contributed by atoms with Crippen LogP contribution in [0.3, 0.4) is 0 Å². The summed E-state index contributed by atoms with van der Waals surface area (Å²) < 4.78 is 0. The molecule has 0 fully saturated rings. The summed E-state index contributed by atoms with van der Waals surface area (Å²) in [7, 11) is 0. The van der Waals surface area contributed by atoms with Gasteiger partial charge in [0.25, 0.3) is 11.6 Å². The van der Waals surface area contributed by atoms with E-state index in [1.165, 1.54) is 18.2 Å². The Morgan fingerprint density at radius 1 is 1.39 bits per heavy atom. The second-order valence-corrected chi connectivity index (χ2v) is 3.87. The van der Waals surface area contributed by atoms with Crippen molar-refractivity contribution in [3.05, 3.63) is 39.4 Å². The number of nitrogens with zero attached hydrogens (tertiary/aromatic N) is 1. The third-order valence-corrected chi connectivity index (χ3v) is 2.50. The minimum absolute atomic E-state index is 0.00306. The number of hydrogen-bond donors (Lipinski definition) is 2. The fraction of sp³-hybridized carbons (Fsp3) is 0.417. The Bertz CT molecular complexity index is 446. The zero-order valence-corrected chi connectivity index (χ0v) is 10.5. The molecule has 0 heterocycles. The summed E-state index contributed by atoms with van der Waals surface area (Å²) in [6.45, 7) is 5.76. The van der Waals surface area contributed by atoms with Crippen molar-refractivity contribution in [3.63, 3.8) is 0 Å². The predicted octanol–water partition coefficient (Wildman–Crippen LogP) is 1.24. The summed E-state index contributed by atoms with van der Waals surface area (Å²) in [5.41, 5.74) is 1.07. The number of nitro groups is 1. The van der Waals surface area contributed by atoms with Crippen LogP contribution in [-0.4, -0.2) is 30.5 Å². The monoisotopic (exact) mass is 251 g/mol. The average molecular weight is 251 g/mol. The SMILES string of the molecule is CCNCCNC(=O)c1ccc([N+](=O)[O-])cc1C. The molecular formula is C12H17N3O3. The minimum atomic E-state index is -0.472. The lowest BCUT2D eigenvalue weighted by molar-refractivity contribution is -0.384. The highest BCUT2D eigenvalue weighted by Gasteiger charge is 2.12. The molecule has 0 aliphatic carbocycles. The second kappa shape index (κ2) is 6.70. The van der Waals surface area contributed by atoms with Gasteiger partial charge in [-0.05, 0) is 25.1 Å². The summed E-state index contributed by atoms with van der Waals surface area (Å²) >= 11 is 0. The molecule has 6 heteroatoms. The smallest absolute Gasteiger partial charge is 0.269 e. The number of benzene rings is 1. The van der Waals surface area contributed by atoms with E-state index in [-0.39, 0.29) is 11.6 Å². The molecule has 18 heavy (non-hydrogen) atoms. The van der Waals surface area contributed by atoms with Crippen LogP contribution in [0, 0.1) is 17.0 Å². The van der Waals surface area contributed by atoms with E-state index in [4.69, 9.17) is 0 Å². The summed E-state index contributed by atoms with van der Waals surface area (Å²) in [5.74, 6) is -0.208. The van der Waals surface area contributed by atoms with Crippen LogP contribution >= 0.6 is 0 Å². The van der Waals surface area contributed by atoms with Gasteiger partial charge in [0.05, 0.1) is 4.92 Å². The number of carbonyl (C=O) groups is 1. The zero-order valence-electron chi connectivity index (χ0n) is 10.5. The molecule has 0 aromatic heterocycles. The van der Waals surface area contributed by atoms with Gasteiger partial charge < -0.3 is 10.6 Å². The highest BCUT2D eigenvalue weighted by atomic mass is 16.6. The lowest BCUT2D eigenvalue weighted by Gasteiger charge is -2.07. The molecule has 0 spiro atoms. The molecule has 0 bridgehead atoms. The number of hydrogen-bond acceptors (Lipinski definition) is 4. The first kappa shape index (κ1) is 14.1. The molecule has 98 valence electrons. The normalized spacial score (nSPS) is 10.1. The quantitative estimate of drug-likeness (QED) is 0.452. The van der Waals surface area contributed by atoms with Crippen molar-refractivity contribution in [3.8, 4) is 0 Å². The molecule has 0 radical (unpaired) electrons. The highest BCUT2D eigenvalue weighted by molar-refractivity contribution is 5.95. The Kier molecular flexibility index (Phi) is 5.26. The second-order valence-electron chi connectivity index (χ2n) is 3.87. The Balaban J connectivity index is 2.66. The molecule has 0 saturated carbocycles. The van der Waals surface area contributed by atoms with Crippen molar-refractivity contribution in [2.45, 2.75) is 13.8 Å². The van der Waals surface area contributed by atoms with Crippen LogP contribution in [0.5, 0.6) is 0 Å². The third kappa shape index (κ3) is 3.81. The van der Waals surface area contributed by atoms with Crippen LogP contribution in [0.4, 0.5) is 5.69 Å². The van der Waals surface area contributed by atoms with Crippen molar-refractivity contribution in [2.75, 3.05) is 19.6 Å². The van der Waals surface area contributed by atoms with E-state index >= 15 is 0 Å². The van der Waals surface area contributed by atoms with Crippen LogP contribution in [-0.2, 0) is 0 Å². The molecular weight excluding hydrogens is 234 g/mol. The molecule has 0 aliphatic rings. The number of nitro benzene ring substituents is 1. The number of non-ortho nitro benzene ring substituents is 1. The van der Waals surface area contributed by atoms with Gasteiger partial charge in [-0.25, -0.2) is 0 Å². The van der Waals surface area contributed by atoms with E-state index in [0.29, 0.717) is 24.2 Å². The standard InChI is InChI=1S/C12H17N3O3/c1-3-13-6-7-14-12(16)11-5-4-10(15(17)18)8-9(11)2/h4-5,8,13H,3,6-7H2,1-2H3,(H,14,16). The molecule has 6 nitrogen and oxygen atoms in total. The fourth-order valence-corrected chi connectivity index (χ4v) is 1.55. The number of carbonyl (C=O) groups excluding carboxylic acids is 1. The van der Waals surface area contributed by atoms with Crippen LogP contribution in [0.25, 0.3) is 0 Å². The predicted molar refractivity (Wildman–Crippen MR) is 68.7 cm³/mol. The Morgan fingerprint density at radius 2 is 2.11 bits per heavy atom. The first-order valence-electron chi connectivity index (χ1n) is 5.80. The fourth-order valence-electron chi connectivity index (χ4n) is 1.55. The summed E-state index contributed by atoms with van der Waals surface area (Å²) in [4.78, 5) is 21.9. The molecule has 0 atom stereocenters. The highest BCUT2D eigenvalue weighted by Crippen LogP contribution is 2.16. The van der Waals surface area contributed by atoms with Gasteiger partial charge >= 0.3 is 0 Å². The first-order chi connectivity index (χ1) is 8.56. The Labute approximate surface area is 106 Å². The molecule has 2 N–H and O–H groups in total. The van der Waals surface area contributed by atoms with Crippen LogP contribution < -0.4 is 10.6 Å². The first-order valence-corrected chi connectivity index (χ1v) is 5.80. The number of aryl methyl sites for hydroxylation is 1. The van der Waals surface area contributed by atoms with Gasteiger partial charge in [0.1, 0.15) is 0 Å². The molecule has 1 aromatic rings. The summed E-state index contributed by atoms with van der Waals surface area (Å²) in [6.07, 6.45) is 0. The number of rotatable bonds is 6. The molecule has 1 amide bonds. The van der Waals surface area contributed by atoms with Crippen LogP contribution in [0.15, 0.2) is 18.2 Å². The van der Waals surface area contributed by atoms with Gasteiger partial charge in [0.15, 0.2) is 0 Å². The number of amides is 1. The summed E-state index contributed by atoms with van der Waals surface area (Å²) in [6, 6.07) is 4.22. The van der Waals surface area contributed by atoms with Gasteiger partial charge in [-0.3, -0.25) is 14.9 Å².